The molecule has 0 spiro atoms. The van der Waals surface area contributed by atoms with Crippen LogP contribution in [0, 0.1) is 12.7 Å². The SMILES string of the molecule is Cc1ccc(-c2ccnn2-c2ccc(F)c(Cl)c2)cc1. The van der Waals surface area contributed by atoms with Crippen LogP contribution in [0.2, 0.25) is 5.02 Å². The van der Waals surface area contributed by atoms with Gasteiger partial charge in [0.2, 0.25) is 0 Å². The molecule has 0 aliphatic rings. The third-order valence-electron chi connectivity index (χ3n) is 3.14. The van der Waals surface area contributed by atoms with Crippen molar-refractivity contribution in [2.24, 2.45) is 0 Å². The lowest BCUT2D eigenvalue weighted by atomic mass is 10.1. The Morgan fingerprint density at radius 1 is 1.05 bits per heavy atom. The second-order valence-electron chi connectivity index (χ2n) is 4.59. The van der Waals surface area contributed by atoms with Gasteiger partial charge in [0.05, 0.1) is 22.6 Å². The lowest BCUT2D eigenvalue weighted by Gasteiger charge is -2.08. The molecule has 3 rings (SSSR count). The Balaban J connectivity index is 2.10. The minimum absolute atomic E-state index is 0.0906. The van der Waals surface area contributed by atoms with E-state index in [1.807, 2.05) is 37.3 Å². The van der Waals surface area contributed by atoms with Crippen LogP contribution < -0.4 is 0 Å². The zero-order valence-electron chi connectivity index (χ0n) is 10.8. The van der Waals surface area contributed by atoms with Crippen LogP contribution >= 0.6 is 11.6 Å². The molecule has 0 radical (unpaired) electrons. The average molecular weight is 287 g/mol. The summed E-state index contributed by atoms with van der Waals surface area (Å²) in [5, 5.41) is 4.38. The fourth-order valence-electron chi connectivity index (χ4n) is 2.07. The Bertz CT molecular complexity index is 747. The highest BCUT2D eigenvalue weighted by Crippen LogP contribution is 2.25. The molecule has 0 atom stereocenters. The van der Waals surface area contributed by atoms with E-state index in [9.17, 15) is 4.39 Å². The molecule has 0 fully saturated rings. The molecule has 0 saturated carbocycles. The first-order chi connectivity index (χ1) is 9.65. The van der Waals surface area contributed by atoms with Gasteiger partial charge in [-0.25, -0.2) is 9.07 Å². The summed E-state index contributed by atoms with van der Waals surface area (Å²) in [6.07, 6.45) is 1.71. The Kier molecular flexibility index (Phi) is 3.28. The number of benzene rings is 2. The third kappa shape index (κ3) is 2.32. The molecule has 0 aliphatic carbocycles. The highest BCUT2D eigenvalue weighted by molar-refractivity contribution is 6.30. The highest BCUT2D eigenvalue weighted by Gasteiger charge is 2.09. The van der Waals surface area contributed by atoms with E-state index >= 15 is 0 Å². The summed E-state index contributed by atoms with van der Waals surface area (Å²) in [5.41, 5.74) is 3.92. The van der Waals surface area contributed by atoms with E-state index < -0.39 is 5.82 Å². The van der Waals surface area contributed by atoms with Crippen LogP contribution in [0.4, 0.5) is 4.39 Å². The molecule has 0 unspecified atom stereocenters. The van der Waals surface area contributed by atoms with Gasteiger partial charge in [0, 0.05) is 5.56 Å². The first-order valence-electron chi connectivity index (χ1n) is 6.21. The Hall–Kier alpha value is -2.13. The minimum atomic E-state index is -0.431. The zero-order valence-corrected chi connectivity index (χ0v) is 11.6. The van der Waals surface area contributed by atoms with Gasteiger partial charge in [0.25, 0.3) is 0 Å². The second-order valence-corrected chi connectivity index (χ2v) is 5.00. The lowest BCUT2D eigenvalue weighted by Crippen LogP contribution is -1.99. The predicted molar refractivity (Wildman–Crippen MR) is 78.7 cm³/mol. The highest BCUT2D eigenvalue weighted by atomic mass is 35.5. The number of nitrogens with zero attached hydrogens (tertiary/aromatic N) is 2. The molecule has 0 amide bonds. The Morgan fingerprint density at radius 3 is 2.50 bits per heavy atom. The van der Waals surface area contributed by atoms with E-state index in [0.29, 0.717) is 0 Å². The summed E-state index contributed by atoms with van der Waals surface area (Å²) in [7, 11) is 0. The van der Waals surface area contributed by atoms with Crippen LogP contribution in [0.3, 0.4) is 0 Å². The van der Waals surface area contributed by atoms with E-state index in [1.54, 1.807) is 23.0 Å². The van der Waals surface area contributed by atoms with Crippen molar-refractivity contribution in [3.05, 3.63) is 71.1 Å². The molecule has 0 aliphatic heterocycles. The lowest BCUT2D eigenvalue weighted by molar-refractivity contribution is 0.627. The molecular formula is C16H12ClFN2. The van der Waals surface area contributed by atoms with Crippen molar-refractivity contribution in [1.82, 2.24) is 9.78 Å². The van der Waals surface area contributed by atoms with E-state index in [1.165, 1.54) is 11.6 Å². The summed E-state index contributed by atoms with van der Waals surface area (Å²) < 4.78 is 15.0. The molecule has 3 aromatic rings. The molecule has 2 nitrogen and oxygen atoms in total. The first kappa shape index (κ1) is 12.9. The van der Waals surface area contributed by atoms with Crippen molar-refractivity contribution < 1.29 is 4.39 Å². The number of rotatable bonds is 2. The van der Waals surface area contributed by atoms with Crippen LogP contribution in [0.15, 0.2) is 54.7 Å². The minimum Gasteiger partial charge on any atom is -0.233 e. The molecule has 1 heterocycles. The van der Waals surface area contributed by atoms with Crippen molar-refractivity contribution >= 4 is 11.6 Å². The van der Waals surface area contributed by atoms with Crippen molar-refractivity contribution in [2.75, 3.05) is 0 Å². The van der Waals surface area contributed by atoms with Gasteiger partial charge in [0.1, 0.15) is 5.82 Å². The van der Waals surface area contributed by atoms with Gasteiger partial charge in [-0.3, -0.25) is 0 Å². The second kappa shape index (κ2) is 5.10. The molecule has 0 N–H and O–H groups in total. The topological polar surface area (TPSA) is 17.8 Å². The van der Waals surface area contributed by atoms with E-state index in [0.717, 1.165) is 16.9 Å². The molecule has 0 bridgehead atoms. The number of hydrogen-bond donors (Lipinski definition) is 0. The smallest absolute Gasteiger partial charge is 0.141 e. The van der Waals surface area contributed by atoms with Crippen LogP contribution in [0.5, 0.6) is 0 Å². The summed E-state index contributed by atoms with van der Waals surface area (Å²) in [6.45, 7) is 2.04. The molecule has 1 aromatic heterocycles. The van der Waals surface area contributed by atoms with Crippen molar-refractivity contribution in [3.63, 3.8) is 0 Å². The Morgan fingerprint density at radius 2 is 1.80 bits per heavy atom. The van der Waals surface area contributed by atoms with Gasteiger partial charge >= 0.3 is 0 Å². The van der Waals surface area contributed by atoms with Crippen LogP contribution in [0.1, 0.15) is 5.56 Å². The number of halogens is 2. The fraction of sp³-hybridized carbons (Fsp3) is 0.0625. The van der Waals surface area contributed by atoms with E-state index in [4.69, 9.17) is 11.6 Å². The van der Waals surface area contributed by atoms with Crippen molar-refractivity contribution in [1.29, 1.82) is 0 Å². The van der Waals surface area contributed by atoms with E-state index in [-0.39, 0.29) is 5.02 Å². The maximum Gasteiger partial charge on any atom is 0.141 e. The van der Waals surface area contributed by atoms with Crippen LogP contribution in [-0.4, -0.2) is 9.78 Å². The molecule has 100 valence electrons. The summed E-state index contributed by atoms with van der Waals surface area (Å²) in [5.74, 6) is -0.431. The van der Waals surface area contributed by atoms with Gasteiger partial charge in [0.15, 0.2) is 0 Å². The van der Waals surface area contributed by atoms with E-state index in [2.05, 4.69) is 5.10 Å². The van der Waals surface area contributed by atoms with Gasteiger partial charge in [-0.05, 0) is 31.2 Å². The van der Waals surface area contributed by atoms with Crippen LogP contribution in [-0.2, 0) is 0 Å². The fourth-order valence-corrected chi connectivity index (χ4v) is 2.24. The molecule has 20 heavy (non-hydrogen) atoms. The number of hydrogen-bond acceptors (Lipinski definition) is 1. The largest absolute Gasteiger partial charge is 0.233 e. The third-order valence-corrected chi connectivity index (χ3v) is 3.43. The average Bonchev–Trinajstić information content (AvgIpc) is 2.92. The number of aromatic nitrogens is 2. The Labute approximate surface area is 121 Å². The molecule has 4 heteroatoms. The van der Waals surface area contributed by atoms with Gasteiger partial charge in [-0.15, -0.1) is 0 Å². The molecule has 2 aromatic carbocycles. The standard InChI is InChI=1S/C16H12ClFN2/c1-11-2-4-12(5-3-11)16-8-9-19-20(16)13-6-7-15(18)14(17)10-13/h2-10H,1H3. The zero-order chi connectivity index (χ0) is 14.1. The van der Waals surface area contributed by atoms with Crippen molar-refractivity contribution in [2.45, 2.75) is 6.92 Å². The first-order valence-corrected chi connectivity index (χ1v) is 6.59. The molecular weight excluding hydrogens is 275 g/mol. The molecule has 0 saturated heterocycles. The monoisotopic (exact) mass is 286 g/mol. The van der Waals surface area contributed by atoms with Gasteiger partial charge < -0.3 is 0 Å². The quantitative estimate of drug-likeness (QED) is 0.671. The van der Waals surface area contributed by atoms with Gasteiger partial charge in [-0.2, -0.15) is 5.10 Å². The maximum absolute atomic E-state index is 13.2. The normalized spacial score (nSPS) is 10.8. The summed E-state index contributed by atoms with van der Waals surface area (Å²) in [6, 6.07) is 14.7. The van der Waals surface area contributed by atoms with Crippen molar-refractivity contribution in [3.8, 4) is 16.9 Å². The number of aryl methyl sites for hydroxylation is 1. The van der Waals surface area contributed by atoms with Gasteiger partial charge in [-0.1, -0.05) is 41.4 Å². The predicted octanol–water partition coefficient (Wildman–Crippen LogP) is 4.64. The van der Waals surface area contributed by atoms with Crippen LogP contribution in [0.25, 0.3) is 16.9 Å². The summed E-state index contributed by atoms with van der Waals surface area (Å²) in [4.78, 5) is 0. The maximum atomic E-state index is 13.2. The summed E-state index contributed by atoms with van der Waals surface area (Å²) >= 11 is 5.83.